The van der Waals surface area contributed by atoms with E-state index in [0.29, 0.717) is 18.1 Å². The highest BCUT2D eigenvalue weighted by Crippen LogP contribution is 2.17. The molecule has 0 aliphatic carbocycles. The second-order valence-electron chi connectivity index (χ2n) is 4.09. The standard InChI is InChI=1S/C13H14N4O2/c1-10-12(17(18)19)2-3-13(16-10)15-9-6-11-4-7-14-8-5-11/h2-5,7-8H,6,9H2,1H3,(H,15,16). The largest absolute Gasteiger partial charge is 0.370 e. The molecule has 0 aliphatic rings. The van der Waals surface area contributed by atoms with Crippen molar-refractivity contribution in [1.82, 2.24) is 9.97 Å². The van der Waals surface area contributed by atoms with E-state index in [1.807, 2.05) is 12.1 Å². The van der Waals surface area contributed by atoms with Crippen LogP contribution in [0.3, 0.4) is 0 Å². The summed E-state index contributed by atoms with van der Waals surface area (Å²) in [6.45, 7) is 2.35. The maximum absolute atomic E-state index is 10.7. The molecule has 6 nitrogen and oxygen atoms in total. The average Bonchev–Trinajstić information content (AvgIpc) is 2.39. The lowest BCUT2D eigenvalue weighted by molar-refractivity contribution is -0.385. The van der Waals surface area contributed by atoms with Gasteiger partial charge in [0.25, 0.3) is 5.69 Å². The fourth-order valence-electron chi connectivity index (χ4n) is 1.73. The Morgan fingerprint density at radius 2 is 2.00 bits per heavy atom. The summed E-state index contributed by atoms with van der Waals surface area (Å²) >= 11 is 0. The Balaban J connectivity index is 1.93. The minimum absolute atomic E-state index is 0.0414. The van der Waals surface area contributed by atoms with Crippen LogP contribution in [0.4, 0.5) is 11.5 Å². The van der Waals surface area contributed by atoms with Crippen LogP contribution in [0.2, 0.25) is 0 Å². The van der Waals surface area contributed by atoms with Gasteiger partial charge in [-0.3, -0.25) is 15.1 Å². The van der Waals surface area contributed by atoms with Gasteiger partial charge in [0.1, 0.15) is 11.5 Å². The van der Waals surface area contributed by atoms with Crippen LogP contribution in [-0.4, -0.2) is 21.4 Å². The topological polar surface area (TPSA) is 81.0 Å². The van der Waals surface area contributed by atoms with Crippen LogP contribution in [0.5, 0.6) is 0 Å². The molecule has 0 saturated carbocycles. The first-order chi connectivity index (χ1) is 9.16. The average molecular weight is 258 g/mol. The molecule has 2 aromatic heterocycles. The molecule has 98 valence electrons. The van der Waals surface area contributed by atoms with Crippen LogP contribution in [0.25, 0.3) is 0 Å². The molecule has 2 aromatic rings. The number of nitrogens with zero attached hydrogens (tertiary/aromatic N) is 3. The summed E-state index contributed by atoms with van der Waals surface area (Å²) in [7, 11) is 0. The number of hydrogen-bond donors (Lipinski definition) is 1. The van der Waals surface area contributed by atoms with Crippen molar-refractivity contribution in [2.24, 2.45) is 0 Å². The highest BCUT2D eigenvalue weighted by atomic mass is 16.6. The van der Waals surface area contributed by atoms with Gasteiger partial charge in [-0.05, 0) is 37.1 Å². The normalized spacial score (nSPS) is 10.2. The smallest absolute Gasteiger partial charge is 0.290 e. The summed E-state index contributed by atoms with van der Waals surface area (Å²) in [6.07, 6.45) is 4.35. The van der Waals surface area contributed by atoms with Crippen LogP contribution in [0.15, 0.2) is 36.7 Å². The van der Waals surface area contributed by atoms with Gasteiger partial charge in [-0.2, -0.15) is 0 Å². The Morgan fingerprint density at radius 3 is 2.63 bits per heavy atom. The molecule has 0 spiro atoms. The van der Waals surface area contributed by atoms with Gasteiger partial charge in [-0.25, -0.2) is 4.98 Å². The molecule has 19 heavy (non-hydrogen) atoms. The van der Waals surface area contributed by atoms with E-state index in [9.17, 15) is 10.1 Å². The van der Waals surface area contributed by atoms with E-state index in [1.165, 1.54) is 11.6 Å². The van der Waals surface area contributed by atoms with E-state index in [2.05, 4.69) is 15.3 Å². The molecule has 6 heteroatoms. The second-order valence-corrected chi connectivity index (χ2v) is 4.09. The second kappa shape index (κ2) is 5.90. The van der Waals surface area contributed by atoms with Gasteiger partial charge >= 0.3 is 0 Å². The number of anilines is 1. The fraction of sp³-hybridized carbons (Fsp3) is 0.231. The first-order valence-electron chi connectivity index (χ1n) is 5.91. The van der Waals surface area contributed by atoms with Crippen LogP contribution >= 0.6 is 0 Å². The van der Waals surface area contributed by atoms with E-state index in [0.717, 1.165) is 6.42 Å². The van der Waals surface area contributed by atoms with Gasteiger partial charge in [-0.1, -0.05) is 0 Å². The lowest BCUT2D eigenvalue weighted by Crippen LogP contribution is -2.07. The van der Waals surface area contributed by atoms with Gasteiger partial charge in [0.05, 0.1) is 4.92 Å². The number of rotatable bonds is 5. The molecule has 0 atom stereocenters. The molecule has 2 heterocycles. The van der Waals surface area contributed by atoms with Crippen molar-refractivity contribution in [1.29, 1.82) is 0 Å². The predicted octanol–water partition coefficient (Wildman–Crippen LogP) is 2.35. The Morgan fingerprint density at radius 1 is 1.26 bits per heavy atom. The first-order valence-corrected chi connectivity index (χ1v) is 5.91. The molecule has 0 radical (unpaired) electrons. The summed E-state index contributed by atoms with van der Waals surface area (Å²) in [5.41, 5.74) is 1.64. The van der Waals surface area contributed by atoms with Gasteiger partial charge in [0.2, 0.25) is 0 Å². The van der Waals surface area contributed by atoms with Crippen molar-refractivity contribution in [3.63, 3.8) is 0 Å². The molecule has 0 amide bonds. The summed E-state index contributed by atoms with van der Waals surface area (Å²) in [4.78, 5) is 18.4. The molecular formula is C13H14N4O2. The molecule has 2 rings (SSSR count). The van der Waals surface area contributed by atoms with E-state index in [1.54, 1.807) is 25.4 Å². The Hall–Kier alpha value is -2.50. The summed E-state index contributed by atoms with van der Waals surface area (Å²) < 4.78 is 0. The number of aromatic nitrogens is 2. The molecular weight excluding hydrogens is 244 g/mol. The van der Waals surface area contributed by atoms with Crippen molar-refractivity contribution in [3.05, 3.63) is 58.0 Å². The van der Waals surface area contributed by atoms with Crippen LogP contribution in [0.1, 0.15) is 11.3 Å². The third-order valence-corrected chi connectivity index (χ3v) is 2.72. The molecule has 1 N–H and O–H groups in total. The maximum Gasteiger partial charge on any atom is 0.290 e. The SMILES string of the molecule is Cc1nc(NCCc2ccncc2)ccc1[N+](=O)[O-]. The van der Waals surface area contributed by atoms with Crippen molar-refractivity contribution in [2.75, 3.05) is 11.9 Å². The van der Waals surface area contributed by atoms with E-state index < -0.39 is 4.92 Å². The summed E-state index contributed by atoms with van der Waals surface area (Å²) in [5, 5.41) is 13.8. The maximum atomic E-state index is 10.7. The highest BCUT2D eigenvalue weighted by Gasteiger charge is 2.11. The minimum atomic E-state index is -0.427. The number of nitrogens with one attached hydrogen (secondary N) is 1. The Kier molecular flexibility index (Phi) is 4.02. The molecule has 0 aliphatic heterocycles. The number of pyridine rings is 2. The van der Waals surface area contributed by atoms with Crippen molar-refractivity contribution < 1.29 is 4.92 Å². The molecule has 0 saturated heterocycles. The number of aryl methyl sites for hydroxylation is 1. The molecule has 0 fully saturated rings. The Labute approximate surface area is 110 Å². The van der Waals surface area contributed by atoms with Crippen molar-refractivity contribution in [2.45, 2.75) is 13.3 Å². The molecule has 0 aromatic carbocycles. The lowest BCUT2D eigenvalue weighted by Gasteiger charge is -2.06. The van der Waals surface area contributed by atoms with E-state index >= 15 is 0 Å². The van der Waals surface area contributed by atoms with Gasteiger partial charge in [0, 0.05) is 25.0 Å². The van der Waals surface area contributed by atoms with Gasteiger partial charge in [0.15, 0.2) is 0 Å². The zero-order valence-corrected chi connectivity index (χ0v) is 10.5. The highest BCUT2D eigenvalue weighted by molar-refractivity contribution is 5.44. The fourth-order valence-corrected chi connectivity index (χ4v) is 1.73. The quantitative estimate of drug-likeness (QED) is 0.657. The molecule has 0 unspecified atom stereocenters. The van der Waals surface area contributed by atoms with E-state index in [4.69, 9.17) is 0 Å². The predicted molar refractivity (Wildman–Crippen MR) is 72.1 cm³/mol. The minimum Gasteiger partial charge on any atom is -0.370 e. The van der Waals surface area contributed by atoms with Crippen LogP contribution in [-0.2, 0) is 6.42 Å². The zero-order valence-electron chi connectivity index (χ0n) is 10.5. The first kappa shape index (κ1) is 12.9. The number of hydrogen-bond acceptors (Lipinski definition) is 5. The lowest BCUT2D eigenvalue weighted by atomic mass is 10.2. The third kappa shape index (κ3) is 3.48. The van der Waals surface area contributed by atoms with Crippen molar-refractivity contribution in [3.8, 4) is 0 Å². The summed E-state index contributed by atoms with van der Waals surface area (Å²) in [6, 6.07) is 7.00. The van der Waals surface area contributed by atoms with Gasteiger partial charge in [-0.15, -0.1) is 0 Å². The third-order valence-electron chi connectivity index (χ3n) is 2.72. The number of nitro groups is 1. The van der Waals surface area contributed by atoms with Crippen molar-refractivity contribution >= 4 is 11.5 Å². The summed E-state index contributed by atoms with van der Waals surface area (Å²) in [5.74, 6) is 0.650. The Bertz CT molecular complexity index is 572. The van der Waals surface area contributed by atoms with Gasteiger partial charge < -0.3 is 5.32 Å². The van der Waals surface area contributed by atoms with Crippen LogP contribution < -0.4 is 5.32 Å². The zero-order chi connectivity index (χ0) is 13.7. The monoisotopic (exact) mass is 258 g/mol. The molecule has 0 bridgehead atoms. The van der Waals surface area contributed by atoms with Crippen LogP contribution in [0, 0.1) is 17.0 Å². The van der Waals surface area contributed by atoms with E-state index in [-0.39, 0.29) is 5.69 Å².